The van der Waals surface area contributed by atoms with E-state index in [0.29, 0.717) is 13.0 Å². The number of rotatable bonds is 6. The van der Waals surface area contributed by atoms with Crippen LogP contribution < -0.4 is 5.32 Å². The molecule has 19 heavy (non-hydrogen) atoms. The number of hydrogen-bond donors (Lipinski definition) is 2. The fourth-order valence-electron chi connectivity index (χ4n) is 2.96. The fraction of sp³-hybridized carbons (Fsp3) is 1.00. The van der Waals surface area contributed by atoms with E-state index in [1.165, 1.54) is 0 Å². The molecular weight excluding hydrogens is 255 g/mol. The van der Waals surface area contributed by atoms with Crippen LogP contribution in [0.3, 0.4) is 0 Å². The van der Waals surface area contributed by atoms with E-state index in [2.05, 4.69) is 5.32 Å². The Kier molecular flexibility index (Phi) is 6.60. The van der Waals surface area contributed by atoms with E-state index < -0.39 is 18.2 Å². The van der Waals surface area contributed by atoms with Gasteiger partial charge in [0.2, 0.25) is 0 Å². The maximum absolute atomic E-state index is 12.7. The van der Waals surface area contributed by atoms with Gasteiger partial charge in [-0.3, -0.25) is 0 Å². The summed E-state index contributed by atoms with van der Waals surface area (Å²) in [5.74, 6) is -0.946. The molecule has 0 heterocycles. The molecule has 114 valence electrons. The van der Waals surface area contributed by atoms with Crippen LogP contribution in [0.5, 0.6) is 0 Å². The predicted octanol–water partition coefficient (Wildman–Crippen LogP) is 3.49. The molecule has 1 rings (SSSR count). The van der Waals surface area contributed by atoms with Gasteiger partial charge in [0, 0.05) is 12.6 Å². The summed E-state index contributed by atoms with van der Waals surface area (Å²) in [4.78, 5) is 0. The first kappa shape index (κ1) is 16.8. The van der Waals surface area contributed by atoms with Crippen LogP contribution in [0.4, 0.5) is 13.2 Å². The molecule has 0 aromatic heterocycles. The second kappa shape index (κ2) is 7.48. The molecule has 1 aliphatic carbocycles. The largest absolute Gasteiger partial charge is 0.392 e. The van der Waals surface area contributed by atoms with Gasteiger partial charge < -0.3 is 10.4 Å². The van der Waals surface area contributed by atoms with Gasteiger partial charge >= 0.3 is 6.18 Å². The minimum absolute atomic E-state index is 0.107. The van der Waals surface area contributed by atoms with Gasteiger partial charge in [-0.25, -0.2) is 0 Å². The highest BCUT2D eigenvalue weighted by Crippen LogP contribution is 2.37. The van der Waals surface area contributed by atoms with E-state index in [9.17, 15) is 18.3 Å². The Morgan fingerprint density at radius 2 is 1.84 bits per heavy atom. The number of halogens is 3. The van der Waals surface area contributed by atoms with Crippen LogP contribution in [-0.2, 0) is 0 Å². The molecule has 1 saturated carbocycles. The number of aliphatic hydroxyl groups is 1. The lowest BCUT2D eigenvalue weighted by Crippen LogP contribution is -2.43. The quantitative estimate of drug-likeness (QED) is 0.781. The zero-order valence-electron chi connectivity index (χ0n) is 11.8. The Labute approximate surface area is 113 Å². The Morgan fingerprint density at radius 1 is 1.21 bits per heavy atom. The van der Waals surface area contributed by atoms with Gasteiger partial charge in [0.15, 0.2) is 0 Å². The Balaban J connectivity index is 2.37. The van der Waals surface area contributed by atoms with Gasteiger partial charge in [0.25, 0.3) is 0 Å². The molecule has 2 N–H and O–H groups in total. The Morgan fingerprint density at radius 3 is 2.37 bits per heavy atom. The third kappa shape index (κ3) is 5.30. The van der Waals surface area contributed by atoms with Gasteiger partial charge in [-0.2, -0.15) is 13.2 Å². The first-order valence-electron chi connectivity index (χ1n) is 7.36. The average Bonchev–Trinajstić information content (AvgIpc) is 2.37. The molecule has 0 radical (unpaired) electrons. The average molecular weight is 281 g/mol. The van der Waals surface area contributed by atoms with E-state index in [-0.39, 0.29) is 24.8 Å². The van der Waals surface area contributed by atoms with Crippen molar-refractivity contribution in [3.05, 3.63) is 0 Å². The Hall–Kier alpha value is -0.290. The van der Waals surface area contributed by atoms with Crippen molar-refractivity contribution in [2.24, 2.45) is 11.8 Å². The zero-order chi connectivity index (χ0) is 14.5. The van der Waals surface area contributed by atoms with Crippen molar-refractivity contribution in [3.8, 4) is 0 Å². The van der Waals surface area contributed by atoms with Gasteiger partial charge in [0.1, 0.15) is 0 Å². The van der Waals surface area contributed by atoms with Crippen LogP contribution in [0.1, 0.15) is 52.4 Å². The van der Waals surface area contributed by atoms with Crippen LogP contribution in [0.2, 0.25) is 0 Å². The van der Waals surface area contributed by atoms with E-state index in [1.54, 1.807) is 0 Å². The number of hydrogen-bond acceptors (Lipinski definition) is 2. The molecule has 0 aromatic rings. The highest BCUT2D eigenvalue weighted by molar-refractivity contribution is 4.83. The molecule has 5 heteroatoms. The van der Waals surface area contributed by atoms with Crippen LogP contribution in [-0.4, -0.2) is 30.0 Å². The molecule has 1 aliphatic rings. The van der Waals surface area contributed by atoms with E-state index in [1.807, 2.05) is 13.8 Å². The molecule has 3 unspecified atom stereocenters. The summed E-state index contributed by atoms with van der Waals surface area (Å²) in [6.45, 7) is 4.46. The molecular formula is C14H26F3NO. The van der Waals surface area contributed by atoms with Crippen molar-refractivity contribution in [2.75, 3.05) is 6.54 Å². The molecule has 0 amide bonds. The summed E-state index contributed by atoms with van der Waals surface area (Å²) in [6, 6.07) is -0.107. The highest BCUT2D eigenvalue weighted by atomic mass is 19.4. The second-order valence-corrected chi connectivity index (χ2v) is 5.65. The Bertz CT molecular complexity index is 254. The second-order valence-electron chi connectivity index (χ2n) is 5.65. The van der Waals surface area contributed by atoms with Crippen molar-refractivity contribution >= 4 is 0 Å². The summed E-state index contributed by atoms with van der Waals surface area (Å²) >= 11 is 0. The third-order valence-corrected chi connectivity index (χ3v) is 4.35. The number of nitrogens with one attached hydrogen (secondary N) is 1. The van der Waals surface area contributed by atoms with Crippen molar-refractivity contribution in [2.45, 2.75) is 70.7 Å². The molecule has 0 aromatic carbocycles. The summed E-state index contributed by atoms with van der Waals surface area (Å²) in [5, 5.41) is 13.1. The lowest BCUT2D eigenvalue weighted by molar-refractivity contribution is -0.183. The minimum Gasteiger partial charge on any atom is -0.392 e. The predicted molar refractivity (Wildman–Crippen MR) is 69.9 cm³/mol. The van der Waals surface area contributed by atoms with E-state index >= 15 is 0 Å². The van der Waals surface area contributed by atoms with Crippen LogP contribution >= 0.6 is 0 Å². The highest BCUT2D eigenvalue weighted by Gasteiger charge is 2.42. The van der Waals surface area contributed by atoms with Crippen molar-refractivity contribution < 1.29 is 18.3 Å². The summed E-state index contributed by atoms with van der Waals surface area (Å²) < 4.78 is 38.0. The molecule has 0 saturated heterocycles. The monoisotopic (exact) mass is 281 g/mol. The van der Waals surface area contributed by atoms with Crippen molar-refractivity contribution in [3.63, 3.8) is 0 Å². The zero-order valence-corrected chi connectivity index (χ0v) is 11.8. The van der Waals surface area contributed by atoms with Crippen molar-refractivity contribution in [1.82, 2.24) is 5.32 Å². The van der Waals surface area contributed by atoms with Crippen LogP contribution in [0.25, 0.3) is 0 Å². The van der Waals surface area contributed by atoms with Crippen LogP contribution in [0.15, 0.2) is 0 Å². The van der Waals surface area contributed by atoms with Crippen molar-refractivity contribution in [1.29, 1.82) is 0 Å². The number of aliphatic hydroxyl groups excluding tert-OH is 1. The molecule has 1 fully saturated rings. The van der Waals surface area contributed by atoms with E-state index in [0.717, 1.165) is 19.3 Å². The first-order chi connectivity index (χ1) is 8.88. The molecule has 0 spiro atoms. The third-order valence-electron chi connectivity index (χ3n) is 4.35. The lowest BCUT2D eigenvalue weighted by atomic mass is 9.85. The minimum atomic E-state index is -4.08. The maximum Gasteiger partial charge on any atom is 0.391 e. The summed E-state index contributed by atoms with van der Waals surface area (Å²) in [6.07, 6.45) is -0.944. The smallest absolute Gasteiger partial charge is 0.391 e. The normalized spacial score (nSPS) is 26.7. The SMILES string of the molecule is CCC(CC)C(O)CNC1CCCC(C(F)(F)F)C1. The topological polar surface area (TPSA) is 32.3 Å². The molecule has 0 bridgehead atoms. The van der Waals surface area contributed by atoms with Crippen LogP contribution in [0, 0.1) is 11.8 Å². The van der Waals surface area contributed by atoms with Gasteiger partial charge in [-0.15, -0.1) is 0 Å². The standard InChI is InChI=1S/C14H26F3NO/c1-3-10(4-2)13(19)9-18-12-7-5-6-11(8-12)14(15,16)17/h10-13,18-19H,3-9H2,1-2H3. The van der Waals surface area contributed by atoms with Gasteiger partial charge in [0.05, 0.1) is 12.0 Å². The number of alkyl halides is 3. The molecule has 3 atom stereocenters. The lowest BCUT2D eigenvalue weighted by Gasteiger charge is -2.32. The van der Waals surface area contributed by atoms with E-state index in [4.69, 9.17) is 0 Å². The summed E-state index contributed by atoms with van der Waals surface area (Å²) in [7, 11) is 0. The maximum atomic E-state index is 12.7. The fourth-order valence-corrected chi connectivity index (χ4v) is 2.96. The van der Waals surface area contributed by atoms with Gasteiger partial charge in [-0.1, -0.05) is 33.1 Å². The molecule has 2 nitrogen and oxygen atoms in total. The summed E-state index contributed by atoms with van der Waals surface area (Å²) in [5.41, 5.74) is 0. The first-order valence-corrected chi connectivity index (χ1v) is 7.36. The van der Waals surface area contributed by atoms with Gasteiger partial charge in [-0.05, 0) is 25.2 Å². The molecule has 0 aliphatic heterocycles.